The number of aromatic nitrogens is 2. The van der Waals surface area contributed by atoms with Crippen molar-refractivity contribution in [3.05, 3.63) is 46.2 Å². The number of aliphatic hydroxyl groups is 3. The number of carbonyl (C=O) groups excluding carboxylic acids is 1. The van der Waals surface area contributed by atoms with Gasteiger partial charge in [-0.3, -0.25) is 9.56 Å². The monoisotopic (exact) mass is 394 g/mol. The SMILES string of the molecule is C=N/C(=C\C=C(C)C)C(=O)ONc1ccn([C@@H]2O[C@H](CO)[C@@H](O)[C@H]2O)c(=O)n1. The summed E-state index contributed by atoms with van der Waals surface area (Å²) in [5, 5.41) is 28.9. The van der Waals surface area contributed by atoms with Crippen LogP contribution in [0.2, 0.25) is 0 Å². The molecule has 0 aliphatic carbocycles. The van der Waals surface area contributed by atoms with Gasteiger partial charge in [-0.15, -0.1) is 0 Å². The van der Waals surface area contributed by atoms with E-state index in [4.69, 9.17) is 14.7 Å². The molecule has 1 aliphatic rings. The smallest absolute Gasteiger partial charge is 0.381 e. The zero-order chi connectivity index (χ0) is 20.8. The Labute approximate surface area is 160 Å². The second-order valence-electron chi connectivity index (χ2n) is 6.18. The number of hydrogen-bond acceptors (Lipinski definition) is 10. The van der Waals surface area contributed by atoms with Crippen LogP contribution in [-0.4, -0.2) is 62.5 Å². The van der Waals surface area contributed by atoms with Gasteiger partial charge in [-0.05, 0) is 26.6 Å². The van der Waals surface area contributed by atoms with Crippen molar-refractivity contribution in [1.29, 1.82) is 0 Å². The Bertz CT molecular complexity index is 844. The van der Waals surface area contributed by atoms with Gasteiger partial charge in [-0.25, -0.2) is 9.59 Å². The second-order valence-corrected chi connectivity index (χ2v) is 6.18. The van der Waals surface area contributed by atoms with Crippen molar-refractivity contribution in [3.8, 4) is 0 Å². The summed E-state index contributed by atoms with van der Waals surface area (Å²) in [4.78, 5) is 36.2. The molecule has 1 saturated heterocycles. The summed E-state index contributed by atoms with van der Waals surface area (Å²) < 4.78 is 6.21. The standard InChI is InChI=1S/C17H22N4O7/c1-9(2)4-5-10(18-3)16(25)28-20-12-6-7-21(17(26)19-12)15-14(24)13(23)11(8-22)27-15/h4-7,11,13-15,22-24H,3,8H2,1-2H3,(H,19,20,26)/b10-5-/t11-,13-,14-,15-/m1/s1. The van der Waals surface area contributed by atoms with Crippen LogP contribution in [0.4, 0.5) is 5.82 Å². The molecule has 152 valence electrons. The van der Waals surface area contributed by atoms with Crippen molar-refractivity contribution >= 4 is 18.5 Å². The molecule has 0 saturated carbocycles. The lowest BCUT2D eigenvalue weighted by molar-refractivity contribution is -0.136. The number of rotatable bonds is 7. The molecule has 0 amide bonds. The minimum absolute atomic E-state index is 0.0476. The van der Waals surface area contributed by atoms with Crippen molar-refractivity contribution in [2.24, 2.45) is 4.99 Å². The maximum atomic E-state index is 12.2. The fraction of sp³-hybridized carbons (Fsp3) is 0.412. The van der Waals surface area contributed by atoms with E-state index in [1.807, 2.05) is 13.8 Å². The van der Waals surface area contributed by atoms with Gasteiger partial charge < -0.3 is 24.9 Å². The van der Waals surface area contributed by atoms with Gasteiger partial charge in [-0.2, -0.15) is 10.5 Å². The van der Waals surface area contributed by atoms with E-state index in [-0.39, 0.29) is 11.5 Å². The average molecular weight is 394 g/mol. The lowest BCUT2D eigenvalue weighted by atomic mass is 10.1. The first-order valence-corrected chi connectivity index (χ1v) is 8.29. The normalized spacial score (nSPS) is 24.5. The molecule has 2 heterocycles. The van der Waals surface area contributed by atoms with Crippen LogP contribution in [-0.2, 0) is 14.4 Å². The number of hydrogen-bond donors (Lipinski definition) is 4. The molecule has 0 spiro atoms. The molecule has 4 N–H and O–H groups in total. The first-order chi connectivity index (χ1) is 13.3. The summed E-state index contributed by atoms with van der Waals surface area (Å²) in [6, 6.07) is 1.30. The minimum atomic E-state index is -1.42. The van der Waals surface area contributed by atoms with Crippen LogP contribution >= 0.6 is 0 Å². The maximum absolute atomic E-state index is 12.2. The first-order valence-electron chi connectivity index (χ1n) is 8.29. The predicted octanol–water partition coefficient (Wildman–Crippen LogP) is -0.724. The van der Waals surface area contributed by atoms with E-state index in [2.05, 4.69) is 22.2 Å². The van der Waals surface area contributed by atoms with Crippen LogP contribution in [0.1, 0.15) is 20.1 Å². The van der Waals surface area contributed by atoms with Gasteiger partial charge in [0.1, 0.15) is 24.0 Å². The number of anilines is 1. The fourth-order valence-electron chi connectivity index (χ4n) is 2.35. The Morgan fingerprint density at radius 3 is 2.68 bits per heavy atom. The highest BCUT2D eigenvalue weighted by atomic mass is 16.7. The number of allylic oxidation sites excluding steroid dienone is 3. The van der Waals surface area contributed by atoms with E-state index in [9.17, 15) is 19.8 Å². The van der Waals surface area contributed by atoms with E-state index in [0.29, 0.717) is 0 Å². The third-order valence-corrected chi connectivity index (χ3v) is 3.82. The van der Waals surface area contributed by atoms with Crippen molar-refractivity contribution in [3.63, 3.8) is 0 Å². The van der Waals surface area contributed by atoms with Gasteiger partial charge >= 0.3 is 11.7 Å². The van der Waals surface area contributed by atoms with Crippen LogP contribution in [0.5, 0.6) is 0 Å². The third kappa shape index (κ3) is 4.89. The third-order valence-electron chi connectivity index (χ3n) is 3.82. The Morgan fingerprint density at radius 1 is 1.43 bits per heavy atom. The summed E-state index contributed by atoms with van der Waals surface area (Å²) in [5.74, 6) is -0.908. The van der Waals surface area contributed by atoms with Gasteiger partial charge in [0.2, 0.25) is 0 Å². The van der Waals surface area contributed by atoms with E-state index in [0.717, 1.165) is 10.1 Å². The van der Waals surface area contributed by atoms with Crippen molar-refractivity contribution in [2.45, 2.75) is 38.4 Å². The average Bonchev–Trinajstić information content (AvgIpc) is 2.95. The summed E-state index contributed by atoms with van der Waals surface area (Å²) in [7, 11) is 0. The van der Waals surface area contributed by atoms with E-state index >= 15 is 0 Å². The minimum Gasteiger partial charge on any atom is -0.394 e. The van der Waals surface area contributed by atoms with Gasteiger partial charge in [0.25, 0.3) is 0 Å². The van der Waals surface area contributed by atoms with E-state index in [1.54, 1.807) is 6.08 Å². The van der Waals surface area contributed by atoms with Crippen LogP contribution in [0.3, 0.4) is 0 Å². The lowest BCUT2D eigenvalue weighted by Crippen LogP contribution is -2.36. The summed E-state index contributed by atoms with van der Waals surface area (Å²) in [5.41, 5.74) is 2.29. The first kappa shape index (κ1) is 21.4. The topological polar surface area (TPSA) is 156 Å². The zero-order valence-electron chi connectivity index (χ0n) is 15.3. The Balaban J connectivity index is 2.08. The number of ether oxygens (including phenoxy) is 1. The molecule has 0 aromatic carbocycles. The molecule has 0 radical (unpaired) electrons. The highest BCUT2D eigenvalue weighted by Gasteiger charge is 2.43. The lowest BCUT2D eigenvalue weighted by Gasteiger charge is -2.17. The molecule has 1 aromatic heterocycles. The molecule has 2 rings (SSSR count). The Morgan fingerprint density at radius 2 is 2.14 bits per heavy atom. The Hall–Kier alpha value is -2.86. The highest BCUT2D eigenvalue weighted by molar-refractivity contribution is 5.89. The molecule has 11 nitrogen and oxygen atoms in total. The number of nitrogens with one attached hydrogen (secondary N) is 1. The molecule has 1 aromatic rings. The summed E-state index contributed by atoms with van der Waals surface area (Å²) >= 11 is 0. The van der Waals surface area contributed by atoms with Crippen molar-refractivity contribution < 1.29 is 29.7 Å². The second kappa shape index (κ2) is 9.37. The van der Waals surface area contributed by atoms with Gasteiger partial charge in [0.05, 0.1) is 6.61 Å². The number of carbonyl (C=O) groups is 1. The summed E-state index contributed by atoms with van der Waals surface area (Å²) in [6.45, 7) is 6.45. The molecule has 1 aliphatic heterocycles. The molecular weight excluding hydrogens is 372 g/mol. The molecule has 11 heteroatoms. The van der Waals surface area contributed by atoms with E-state index < -0.39 is 42.8 Å². The van der Waals surface area contributed by atoms with Crippen molar-refractivity contribution in [2.75, 3.05) is 12.1 Å². The van der Waals surface area contributed by atoms with Crippen LogP contribution < -0.4 is 11.2 Å². The molecule has 4 atom stereocenters. The van der Waals surface area contributed by atoms with Crippen LogP contribution in [0, 0.1) is 0 Å². The largest absolute Gasteiger partial charge is 0.394 e. The van der Waals surface area contributed by atoms with Crippen LogP contribution in [0.15, 0.2) is 45.5 Å². The number of nitrogens with zero attached hydrogens (tertiary/aromatic N) is 3. The van der Waals surface area contributed by atoms with Crippen LogP contribution in [0.25, 0.3) is 0 Å². The van der Waals surface area contributed by atoms with E-state index in [1.165, 1.54) is 18.3 Å². The Kier molecular flexibility index (Phi) is 7.18. The van der Waals surface area contributed by atoms with Crippen molar-refractivity contribution in [1.82, 2.24) is 9.55 Å². The van der Waals surface area contributed by atoms with Gasteiger partial charge in [0.15, 0.2) is 12.0 Å². The van der Waals surface area contributed by atoms with Gasteiger partial charge in [-0.1, -0.05) is 11.6 Å². The zero-order valence-corrected chi connectivity index (χ0v) is 15.3. The molecule has 0 bridgehead atoms. The fourth-order valence-corrected chi connectivity index (χ4v) is 2.35. The summed E-state index contributed by atoms with van der Waals surface area (Å²) in [6.07, 6.45) is -0.689. The van der Waals surface area contributed by atoms with Gasteiger partial charge in [0, 0.05) is 12.3 Å². The quantitative estimate of drug-likeness (QED) is 0.203. The molecular formula is C17H22N4O7. The molecule has 0 unspecified atom stereocenters. The number of aliphatic hydroxyl groups excluding tert-OH is 3. The molecule has 28 heavy (non-hydrogen) atoms. The molecule has 1 fully saturated rings. The maximum Gasteiger partial charge on any atom is 0.381 e. The predicted molar refractivity (Wildman–Crippen MR) is 98.3 cm³/mol. The highest BCUT2D eigenvalue weighted by Crippen LogP contribution is 2.28. The number of aliphatic imine (C=N–C) groups is 1.